The molecule has 2 saturated heterocycles. The molecule has 2 aliphatic rings. The van der Waals surface area contributed by atoms with Crippen molar-refractivity contribution < 1.29 is 4.79 Å². The molecule has 2 heterocycles. The summed E-state index contributed by atoms with van der Waals surface area (Å²) in [4.78, 5) is 12.2. The summed E-state index contributed by atoms with van der Waals surface area (Å²) in [5.74, 6) is 2.41. The van der Waals surface area contributed by atoms with E-state index in [0.29, 0.717) is 12.5 Å². The van der Waals surface area contributed by atoms with Gasteiger partial charge in [0.15, 0.2) is 0 Å². The maximum atomic E-state index is 12.2. The first kappa shape index (κ1) is 16.1. The van der Waals surface area contributed by atoms with Crippen molar-refractivity contribution in [2.75, 3.05) is 18.1 Å². The minimum absolute atomic E-state index is 0.0820. The first-order valence-electron chi connectivity index (χ1n) is 7.66. The van der Waals surface area contributed by atoms with Gasteiger partial charge in [0.25, 0.3) is 0 Å². The number of rotatable bonds is 3. The Labute approximate surface area is 127 Å². The highest BCUT2D eigenvalue weighted by Gasteiger charge is 2.38. The molecular weight excluding hydrogens is 270 g/mol. The van der Waals surface area contributed by atoms with Gasteiger partial charge in [0.05, 0.1) is 0 Å². The normalized spacial score (nSPS) is 29.9. The highest BCUT2D eigenvalue weighted by molar-refractivity contribution is 7.99. The molecule has 3 N–H and O–H groups in total. The molecule has 1 atom stereocenters. The second kappa shape index (κ2) is 6.24. The molecule has 0 aromatic carbocycles. The lowest BCUT2D eigenvalue weighted by molar-refractivity contribution is -0.122. The third-order valence-electron chi connectivity index (χ3n) is 3.99. The number of hydrogen-bond acceptors (Lipinski definition) is 4. The lowest BCUT2D eigenvalue weighted by Gasteiger charge is -2.46. The van der Waals surface area contributed by atoms with E-state index in [1.807, 2.05) is 11.8 Å². The van der Waals surface area contributed by atoms with Crippen LogP contribution < -0.4 is 16.0 Å². The van der Waals surface area contributed by atoms with Crippen LogP contribution in [0.2, 0.25) is 0 Å². The fraction of sp³-hybridized carbons (Fsp3) is 0.933. The Balaban J connectivity index is 1.83. The second-order valence-electron chi connectivity index (χ2n) is 7.50. The molecule has 0 radical (unpaired) electrons. The van der Waals surface area contributed by atoms with Gasteiger partial charge in [0.1, 0.15) is 0 Å². The average Bonchev–Trinajstić information content (AvgIpc) is 2.25. The van der Waals surface area contributed by atoms with Crippen LogP contribution in [0.3, 0.4) is 0 Å². The average molecular weight is 299 g/mol. The fourth-order valence-corrected chi connectivity index (χ4v) is 4.63. The molecular formula is C15H29N3OS. The molecule has 1 amide bonds. The molecule has 2 rings (SSSR count). The van der Waals surface area contributed by atoms with E-state index in [2.05, 4.69) is 43.6 Å². The van der Waals surface area contributed by atoms with Gasteiger partial charge in [0, 0.05) is 47.6 Å². The van der Waals surface area contributed by atoms with Gasteiger partial charge in [-0.3, -0.25) is 4.79 Å². The Kier molecular flexibility index (Phi) is 5.03. The summed E-state index contributed by atoms with van der Waals surface area (Å²) in [6.45, 7) is 9.88. The van der Waals surface area contributed by atoms with E-state index in [-0.39, 0.29) is 23.0 Å². The predicted molar refractivity (Wildman–Crippen MR) is 86.2 cm³/mol. The molecule has 0 saturated carbocycles. The van der Waals surface area contributed by atoms with Crippen LogP contribution in [0.4, 0.5) is 0 Å². The van der Waals surface area contributed by atoms with Gasteiger partial charge in [0.2, 0.25) is 5.91 Å². The van der Waals surface area contributed by atoms with E-state index in [0.717, 1.165) is 30.9 Å². The van der Waals surface area contributed by atoms with Crippen LogP contribution in [0.15, 0.2) is 0 Å². The molecule has 0 aromatic heterocycles. The third-order valence-corrected chi connectivity index (χ3v) is 5.12. The van der Waals surface area contributed by atoms with Crippen molar-refractivity contribution >= 4 is 17.7 Å². The molecule has 2 aliphatic heterocycles. The molecule has 1 unspecified atom stereocenters. The van der Waals surface area contributed by atoms with E-state index in [4.69, 9.17) is 0 Å². The summed E-state index contributed by atoms with van der Waals surface area (Å²) >= 11 is 1.94. The van der Waals surface area contributed by atoms with Crippen molar-refractivity contribution in [3.63, 3.8) is 0 Å². The van der Waals surface area contributed by atoms with Crippen LogP contribution in [0, 0.1) is 0 Å². The molecule has 4 nitrogen and oxygen atoms in total. The fourth-order valence-electron chi connectivity index (χ4n) is 3.69. The molecule has 5 heteroatoms. The lowest BCUT2D eigenvalue weighted by Crippen LogP contribution is -2.62. The topological polar surface area (TPSA) is 53.2 Å². The lowest BCUT2D eigenvalue weighted by atomic mass is 9.79. The van der Waals surface area contributed by atoms with Crippen molar-refractivity contribution in [2.24, 2.45) is 0 Å². The highest BCUT2D eigenvalue weighted by Crippen LogP contribution is 2.28. The van der Waals surface area contributed by atoms with E-state index < -0.39 is 0 Å². The van der Waals surface area contributed by atoms with Gasteiger partial charge in [-0.15, -0.1) is 0 Å². The number of thioether (sulfide) groups is 1. The van der Waals surface area contributed by atoms with Crippen LogP contribution >= 0.6 is 11.8 Å². The number of nitrogens with one attached hydrogen (secondary N) is 3. The highest BCUT2D eigenvalue weighted by atomic mass is 32.2. The summed E-state index contributed by atoms with van der Waals surface area (Å²) in [6, 6.07) is 0.626. The number of amides is 1. The minimum Gasteiger partial charge on any atom is -0.353 e. The molecule has 0 spiro atoms. The number of hydrogen-bond donors (Lipinski definition) is 3. The summed E-state index contributed by atoms with van der Waals surface area (Å²) in [6.07, 6.45) is 2.60. The van der Waals surface area contributed by atoms with Crippen molar-refractivity contribution in [2.45, 2.75) is 70.1 Å². The molecule has 0 bridgehead atoms. The van der Waals surface area contributed by atoms with Crippen LogP contribution in [-0.4, -0.2) is 47.1 Å². The molecule has 0 aliphatic carbocycles. The summed E-state index contributed by atoms with van der Waals surface area (Å²) in [5.41, 5.74) is 0.164. The SMILES string of the molecule is CC1(C)CC(NC(=O)CC2CSCCN2)CC(C)(C)N1. The number of carbonyl (C=O) groups is 1. The Bertz CT molecular complexity index is 335. The van der Waals surface area contributed by atoms with Crippen molar-refractivity contribution in [1.82, 2.24) is 16.0 Å². The quantitative estimate of drug-likeness (QED) is 0.739. The summed E-state index contributed by atoms with van der Waals surface area (Å²) in [7, 11) is 0. The number of piperidine rings is 1. The molecule has 20 heavy (non-hydrogen) atoms. The zero-order valence-electron chi connectivity index (χ0n) is 13.2. The summed E-state index contributed by atoms with van der Waals surface area (Å²) in [5, 5.41) is 10.3. The maximum Gasteiger partial charge on any atom is 0.221 e. The predicted octanol–water partition coefficient (Wildman–Crippen LogP) is 1.51. The first-order chi connectivity index (χ1) is 9.26. The van der Waals surface area contributed by atoms with Crippen molar-refractivity contribution in [3.05, 3.63) is 0 Å². The Hall–Kier alpha value is -0.260. The van der Waals surface area contributed by atoms with Crippen molar-refractivity contribution in [3.8, 4) is 0 Å². The third kappa shape index (κ3) is 4.93. The van der Waals surface area contributed by atoms with E-state index in [1.165, 1.54) is 0 Å². The second-order valence-corrected chi connectivity index (χ2v) is 8.65. The van der Waals surface area contributed by atoms with Gasteiger partial charge >= 0.3 is 0 Å². The minimum atomic E-state index is 0.0820. The Morgan fingerprint density at radius 2 is 1.90 bits per heavy atom. The zero-order valence-corrected chi connectivity index (χ0v) is 14.0. The van der Waals surface area contributed by atoms with Crippen LogP contribution in [0.1, 0.15) is 47.0 Å². The van der Waals surface area contributed by atoms with Gasteiger partial charge < -0.3 is 16.0 Å². The van der Waals surface area contributed by atoms with Crippen LogP contribution in [0.25, 0.3) is 0 Å². The molecule has 2 fully saturated rings. The van der Waals surface area contributed by atoms with Gasteiger partial charge in [-0.1, -0.05) is 0 Å². The van der Waals surface area contributed by atoms with E-state index in [9.17, 15) is 4.79 Å². The van der Waals surface area contributed by atoms with Crippen LogP contribution in [-0.2, 0) is 4.79 Å². The monoisotopic (exact) mass is 299 g/mol. The molecule has 0 aromatic rings. The zero-order chi connectivity index (χ0) is 14.8. The van der Waals surface area contributed by atoms with E-state index in [1.54, 1.807) is 0 Å². The van der Waals surface area contributed by atoms with Gasteiger partial charge in [-0.25, -0.2) is 0 Å². The maximum absolute atomic E-state index is 12.2. The molecule has 116 valence electrons. The van der Waals surface area contributed by atoms with E-state index >= 15 is 0 Å². The summed E-state index contributed by atoms with van der Waals surface area (Å²) < 4.78 is 0. The van der Waals surface area contributed by atoms with Gasteiger partial charge in [-0.05, 0) is 40.5 Å². The van der Waals surface area contributed by atoms with Gasteiger partial charge in [-0.2, -0.15) is 11.8 Å². The standard InChI is InChI=1S/C15H29N3OS/c1-14(2)8-12(9-15(3,4)18-14)17-13(19)7-11-10-20-6-5-16-11/h11-12,16,18H,5-10H2,1-4H3,(H,17,19). The Morgan fingerprint density at radius 3 is 2.45 bits per heavy atom. The smallest absolute Gasteiger partial charge is 0.221 e. The van der Waals surface area contributed by atoms with Crippen LogP contribution in [0.5, 0.6) is 0 Å². The number of carbonyl (C=O) groups excluding carboxylic acids is 1. The largest absolute Gasteiger partial charge is 0.353 e. The first-order valence-corrected chi connectivity index (χ1v) is 8.81. The van der Waals surface area contributed by atoms with Crippen molar-refractivity contribution in [1.29, 1.82) is 0 Å². The Morgan fingerprint density at radius 1 is 1.25 bits per heavy atom.